The van der Waals surface area contributed by atoms with E-state index in [1.165, 1.54) is 66.7 Å². The lowest BCUT2D eigenvalue weighted by atomic mass is 9.95. The van der Waals surface area contributed by atoms with E-state index in [1.807, 2.05) is 0 Å². The number of anilines is 1. The van der Waals surface area contributed by atoms with Gasteiger partial charge in [0.15, 0.2) is 0 Å². The summed E-state index contributed by atoms with van der Waals surface area (Å²) >= 11 is 0. The number of hydrogen-bond acceptors (Lipinski definition) is 8. The molecule has 1 aliphatic rings. The van der Waals surface area contributed by atoms with Crippen LogP contribution in [0.15, 0.2) is 78.4 Å². The average Bonchev–Trinajstić information content (AvgIpc) is 3.14. The summed E-state index contributed by atoms with van der Waals surface area (Å²) in [6.45, 7) is 3.39. The van der Waals surface area contributed by atoms with E-state index in [4.69, 9.17) is 4.74 Å². The molecule has 1 aliphatic heterocycles. The highest BCUT2D eigenvalue weighted by Gasteiger charge is 2.47. The molecule has 37 heavy (non-hydrogen) atoms. The molecule has 0 spiro atoms. The van der Waals surface area contributed by atoms with Crippen LogP contribution < -0.4 is 4.90 Å². The van der Waals surface area contributed by atoms with Gasteiger partial charge in [-0.1, -0.05) is 30.3 Å². The first-order valence-corrected chi connectivity index (χ1v) is 11.2. The predicted octanol–water partition coefficient (Wildman–Crippen LogP) is 4.49. The number of Topliss-reactive ketones (excluding diaryl/α,β-unsaturated/α-hetero) is 1. The SMILES string of the molecule is CC(C)OC(=O)c1cccc(N2C(=O)C(=O)/C(=C(\O)c3cccc([N+](=O)[O-])c3)C2c2ccc(O)cc2)c1. The van der Waals surface area contributed by atoms with E-state index in [0.29, 0.717) is 5.56 Å². The highest BCUT2D eigenvalue weighted by molar-refractivity contribution is 6.51. The zero-order valence-electron chi connectivity index (χ0n) is 19.8. The first-order chi connectivity index (χ1) is 17.6. The normalized spacial score (nSPS) is 16.7. The largest absolute Gasteiger partial charge is 0.508 e. The van der Waals surface area contributed by atoms with Crippen LogP contribution in [-0.2, 0) is 14.3 Å². The molecule has 3 aromatic carbocycles. The molecule has 0 bridgehead atoms. The van der Waals surface area contributed by atoms with Gasteiger partial charge in [0.05, 0.1) is 28.2 Å². The van der Waals surface area contributed by atoms with Crippen molar-refractivity contribution in [2.75, 3.05) is 4.90 Å². The fourth-order valence-corrected chi connectivity index (χ4v) is 4.06. The molecule has 1 unspecified atom stereocenters. The van der Waals surface area contributed by atoms with Crippen molar-refractivity contribution in [2.24, 2.45) is 0 Å². The number of amides is 1. The third kappa shape index (κ3) is 4.90. The fourth-order valence-electron chi connectivity index (χ4n) is 4.06. The smallest absolute Gasteiger partial charge is 0.338 e. The molecule has 10 heteroatoms. The Bertz CT molecular complexity index is 1440. The Labute approximate surface area is 211 Å². The van der Waals surface area contributed by atoms with E-state index >= 15 is 0 Å². The maximum absolute atomic E-state index is 13.3. The highest BCUT2D eigenvalue weighted by Crippen LogP contribution is 2.42. The van der Waals surface area contributed by atoms with Gasteiger partial charge >= 0.3 is 5.97 Å². The van der Waals surface area contributed by atoms with E-state index in [9.17, 15) is 34.7 Å². The van der Waals surface area contributed by atoms with Gasteiger partial charge in [0.2, 0.25) is 0 Å². The molecule has 10 nitrogen and oxygen atoms in total. The van der Waals surface area contributed by atoms with Crippen LogP contribution in [0.3, 0.4) is 0 Å². The highest BCUT2D eigenvalue weighted by atomic mass is 16.6. The van der Waals surface area contributed by atoms with Crippen LogP contribution in [0.2, 0.25) is 0 Å². The third-order valence-corrected chi connectivity index (χ3v) is 5.69. The number of non-ortho nitro benzene ring substituents is 1. The standard InChI is InChI=1S/C27H22N2O8/c1-15(2)37-27(34)18-6-4-7-19(14-18)28-23(16-9-11-21(30)12-10-16)22(25(32)26(28)33)24(31)17-5-3-8-20(13-17)29(35)36/h3-15,23,30-31H,1-2H3/b24-22-. The molecule has 1 amide bonds. The first-order valence-electron chi connectivity index (χ1n) is 11.2. The number of nitrogens with zero attached hydrogens (tertiary/aromatic N) is 2. The fraction of sp³-hybridized carbons (Fsp3) is 0.148. The van der Waals surface area contributed by atoms with Crippen LogP contribution in [0.1, 0.15) is 41.4 Å². The minimum Gasteiger partial charge on any atom is -0.508 e. The van der Waals surface area contributed by atoms with Crippen molar-refractivity contribution in [2.45, 2.75) is 26.0 Å². The lowest BCUT2D eigenvalue weighted by Gasteiger charge is -2.26. The van der Waals surface area contributed by atoms with Crippen molar-refractivity contribution in [1.82, 2.24) is 0 Å². The summed E-state index contributed by atoms with van der Waals surface area (Å²) in [5, 5.41) is 32.1. The van der Waals surface area contributed by atoms with Crippen molar-refractivity contribution in [3.63, 3.8) is 0 Å². The van der Waals surface area contributed by atoms with Crippen molar-refractivity contribution in [3.05, 3.63) is 105 Å². The minimum absolute atomic E-state index is 0.0229. The Balaban J connectivity index is 1.90. The summed E-state index contributed by atoms with van der Waals surface area (Å²) in [5.41, 5.74) is 0.0827. The molecule has 0 aliphatic carbocycles. The van der Waals surface area contributed by atoms with E-state index in [1.54, 1.807) is 13.8 Å². The van der Waals surface area contributed by atoms with E-state index in [0.717, 1.165) is 11.0 Å². The van der Waals surface area contributed by atoms with Crippen molar-refractivity contribution in [1.29, 1.82) is 0 Å². The van der Waals surface area contributed by atoms with E-state index in [-0.39, 0.29) is 39.9 Å². The molecule has 2 N–H and O–H groups in total. The second-order valence-corrected chi connectivity index (χ2v) is 8.57. The lowest BCUT2D eigenvalue weighted by Crippen LogP contribution is -2.29. The van der Waals surface area contributed by atoms with Gasteiger partial charge in [-0.25, -0.2) is 4.79 Å². The Morgan fingerprint density at radius 3 is 2.30 bits per heavy atom. The summed E-state index contributed by atoms with van der Waals surface area (Å²) in [4.78, 5) is 50.7. The van der Waals surface area contributed by atoms with Crippen molar-refractivity contribution < 1.29 is 34.3 Å². The monoisotopic (exact) mass is 502 g/mol. The number of aliphatic hydroxyl groups is 1. The molecule has 188 valence electrons. The van der Waals surface area contributed by atoms with Crippen LogP contribution in [0.25, 0.3) is 5.76 Å². The molecular formula is C27H22N2O8. The minimum atomic E-state index is -1.16. The van der Waals surface area contributed by atoms with Crippen LogP contribution in [0, 0.1) is 10.1 Å². The Hall–Kier alpha value is -4.99. The maximum atomic E-state index is 13.3. The Morgan fingerprint density at radius 2 is 1.65 bits per heavy atom. The summed E-state index contributed by atoms with van der Waals surface area (Å²) in [6.07, 6.45) is -0.377. The van der Waals surface area contributed by atoms with Gasteiger partial charge < -0.3 is 14.9 Å². The summed E-state index contributed by atoms with van der Waals surface area (Å²) in [6, 6.07) is 15.5. The topological polar surface area (TPSA) is 147 Å². The number of phenols is 1. The van der Waals surface area contributed by atoms with E-state index < -0.39 is 34.4 Å². The summed E-state index contributed by atoms with van der Waals surface area (Å²) in [5.74, 6) is -3.27. The van der Waals surface area contributed by atoms with Gasteiger partial charge in [0.25, 0.3) is 17.4 Å². The number of rotatable bonds is 6. The molecule has 0 radical (unpaired) electrons. The van der Waals surface area contributed by atoms with Crippen molar-refractivity contribution in [3.8, 4) is 5.75 Å². The van der Waals surface area contributed by atoms with Crippen LogP contribution in [0.4, 0.5) is 11.4 Å². The number of nitro groups is 1. The number of ketones is 1. The predicted molar refractivity (Wildman–Crippen MR) is 133 cm³/mol. The summed E-state index contributed by atoms with van der Waals surface area (Å²) in [7, 11) is 0. The van der Waals surface area contributed by atoms with Gasteiger partial charge in [-0.15, -0.1) is 0 Å². The molecular weight excluding hydrogens is 480 g/mol. The number of phenolic OH excluding ortho intramolecular Hbond substituents is 1. The molecule has 0 aromatic heterocycles. The Morgan fingerprint density at radius 1 is 1.00 bits per heavy atom. The molecule has 0 saturated carbocycles. The third-order valence-electron chi connectivity index (χ3n) is 5.69. The quantitative estimate of drug-likeness (QED) is 0.125. The second kappa shape index (κ2) is 9.94. The number of esters is 1. The summed E-state index contributed by atoms with van der Waals surface area (Å²) < 4.78 is 5.23. The van der Waals surface area contributed by atoms with Gasteiger partial charge in [-0.3, -0.25) is 24.6 Å². The molecule has 4 rings (SSSR count). The first kappa shape index (κ1) is 25.1. The number of ether oxygens (including phenoxy) is 1. The molecule has 1 saturated heterocycles. The average molecular weight is 502 g/mol. The zero-order valence-corrected chi connectivity index (χ0v) is 19.8. The van der Waals surface area contributed by atoms with Gasteiger partial charge in [-0.2, -0.15) is 0 Å². The second-order valence-electron chi connectivity index (χ2n) is 8.57. The zero-order chi connectivity index (χ0) is 26.9. The van der Waals surface area contributed by atoms with Crippen LogP contribution in [0.5, 0.6) is 5.75 Å². The van der Waals surface area contributed by atoms with Gasteiger partial charge in [-0.05, 0) is 49.7 Å². The molecule has 1 fully saturated rings. The number of nitro benzene ring substituents is 1. The number of carbonyl (C=O) groups excluding carboxylic acids is 3. The molecule has 1 heterocycles. The number of benzene rings is 3. The van der Waals surface area contributed by atoms with Crippen LogP contribution in [-0.4, -0.2) is 38.9 Å². The van der Waals surface area contributed by atoms with Crippen molar-refractivity contribution >= 4 is 34.8 Å². The van der Waals surface area contributed by atoms with E-state index in [2.05, 4.69) is 0 Å². The number of carbonyl (C=O) groups is 3. The Kier molecular flexibility index (Phi) is 6.75. The molecule has 1 atom stereocenters. The lowest BCUT2D eigenvalue weighted by molar-refractivity contribution is -0.384. The number of aromatic hydroxyl groups is 1. The maximum Gasteiger partial charge on any atom is 0.338 e. The number of hydrogen-bond donors (Lipinski definition) is 2. The molecule has 3 aromatic rings. The number of aliphatic hydroxyl groups excluding tert-OH is 1. The van der Waals surface area contributed by atoms with Crippen LogP contribution >= 0.6 is 0 Å². The van der Waals surface area contributed by atoms with Gasteiger partial charge in [0, 0.05) is 23.4 Å². The van der Waals surface area contributed by atoms with Gasteiger partial charge in [0.1, 0.15) is 11.5 Å².